The van der Waals surface area contributed by atoms with Gasteiger partial charge >= 0.3 is 0 Å². The Morgan fingerprint density at radius 2 is 2.00 bits per heavy atom. The first kappa shape index (κ1) is 13.7. The van der Waals surface area contributed by atoms with E-state index in [0.29, 0.717) is 0 Å². The van der Waals surface area contributed by atoms with E-state index in [1.165, 1.54) is 11.3 Å². The van der Waals surface area contributed by atoms with E-state index in [0.717, 1.165) is 11.6 Å². The molecule has 1 atom stereocenters. The fourth-order valence-corrected chi connectivity index (χ4v) is 2.67. The molecular weight excluding hydrogens is 282 g/mol. The van der Waals surface area contributed by atoms with Crippen LogP contribution in [0, 0.1) is 0 Å². The number of aromatic nitrogens is 3. The molecule has 0 amide bonds. The van der Waals surface area contributed by atoms with Crippen LogP contribution in [0.3, 0.4) is 0 Å². The Morgan fingerprint density at radius 1 is 1.19 bits per heavy atom. The van der Waals surface area contributed by atoms with Gasteiger partial charge in [-0.2, -0.15) is 0 Å². The highest BCUT2D eigenvalue weighted by Crippen LogP contribution is 2.28. The van der Waals surface area contributed by atoms with Gasteiger partial charge in [0.05, 0.1) is 12.4 Å². The number of hydrogen-bond donors (Lipinski definition) is 0. The fraction of sp³-hybridized carbons (Fsp3) is 0.118. The molecule has 0 aliphatic heterocycles. The Kier molecular flexibility index (Phi) is 3.93. The molecule has 0 radical (unpaired) electrons. The topological polar surface area (TPSA) is 22.8 Å². The summed E-state index contributed by atoms with van der Waals surface area (Å²) in [6, 6.07) is 12.2. The van der Waals surface area contributed by atoms with Crippen LogP contribution in [0.15, 0.2) is 74.0 Å². The summed E-state index contributed by atoms with van der Waals surface area (Å²) in [7, 11) is 0. The van der Waals surface area contributed by atoms with Crippen LogP contribution in [0.25, 0.3) is 0 Å². The Balaban J connectivity index is 2.10. The quantitative estimate of drug-likeness (QED) is 0.648. The van der Waals surface area contributed by atoms with Crippen molar-refractivity contribution in [1.82, 2.24) is 14.1 Å². The zero-order valence-electron chi connectivity index (χ0n) is 11.6. The summed E-state index contributed by atoms with van der Waals surface area (Å²) >= 11 is 6.01. The van der Waals surface area contributed by atoms with Gasteiger partial charge in [-0.1, -0.05) is 29.8 Å². The molecule has 0 aliphatic rings. The van der Waals surface area contributed by atoms with Crippen LogP contribution in [-0.2, 0) is 6.54 Å². The molecular formula is C17H16ClN3. The first-order valence-electron chi connectivity index (χ1n) is 6.78. The maximum atomic E-state index is 6.01. The fourth-order valence-electron chi connectivity index (χ4n) is 2.54. The minimum Gasteiger partial charge on any atom is -0.345 e. The van der Waals surface area contributed by atoms with E-state index in [9.17, 15) is 0 Å². The van der Waals surface area contributed by atoms with Gasteiger partial charge in [-0.25, -0.2) is 4.98 Å². The first-order chi connectivity index (χ1) is 10.3. The van der Waals surface area contributed by atoms with Crippen LogP contribution < -0.4 is 0 Å². The molecule has 3 aromatic rings. The zero-order chi connectivity index (χ0) is 14.7. The normalized spacial score (nSPS) is 12.2. The van der Waals surface area contributed by atoms with Gasteiger partial charge in [0.25, 0.3) is 0 Å². The lowest BCUT2D eigenvalue weighted by molar-refractivity contribution is 0.613. The van der Waals surface area contributed by atoms with Crippen LogP contribution in [-0.4, -0.2) is 14.1 Å². The highest BCUT2D eigenvalue weighted by Gasteiger charge is 2.18. The van der Waals surface area contributed by atoms with Crippen LogP contribution in [0.4, 0.5) is 0 Å². The van der Waals surface area contributed by atoms with Gasteiger partial charge in [-0.3, -0.25) is 0 Å². The predicted molar refractivity (Wildman–Crippen MR) is 85.5 cm³/mol. The van der Waals surface area contributed by atoms with E-state index in [4.69, 9.17) is 11.6 Å². The largest absolute Gasteiger partial charge is 0.345 e. The Labute approximate surface area is 129 Å². The molecule has 0 bridgehead atoms. The third kappa shape index (κ3) is 2.78. The minimum absolute atomic E-state index is 0.0692. The summed E-state index contributed by atoms with van der Waals surface area (Å²) in [5.41, 5.74) is 2.36. The second kappa shape index (κ2) is 6.02. The van der Waals surface area contributed by atoms with Crippen molar-refractivity contribution in [3.05, 3.63) is 90.3 Å². The van der Waals surface area contributed by atoms with Crippen LogP contribution in [0.5, 0.6) is 0 Å². The summed E-state index contributed by atoms with van der Waals surface area (Å²) in [6.45, 7) is 4.60. The second-order valence-electron chi connectivity index (χ2n) is 4.84. The third-order valence-electron chi connectivity index (χ3n) is 3.48. The van der Waals surface area contributed by atoms with Gasteiger partial charge in [0, 0.05) is 35.9 Å². The minimum atomic E-state index is 0.0692. The number of benzene rings is 1. The summed E-state index contributed by atoms with van der Waals surface area (Å²) in [5.74, 6) is 0. The number of nitrogens with zero attached hydrogens (tertiary/aromatic N) is 3. The van der Waals surface area contributed by atoms with E-state index in [-0.39, 0.29) is 6.04 Å². The number of rotatable bonds is 5. The van der Waals surface area contributed by atoms with Crippen molar-refractivity contribution < 1.29 is 0 Å². The van der Waals surface area contributed by atoms with Crippen molar-refractivity contribution in [3.63, 3.8) is 0 Å². The molecule has 2 heterocycles. The highest BCUT2D eigenvalue weighted by molar-refractivity contribution is 6.30. The summed E-state index contributed by atoms with van der Waals surface area (Å²) < 4.78 is 4.28. The highest BCUT2D eigenvalue weighted by atomic mass is 35.5. The van der Waals surface area contributed by atoms with E-state index in [2.05, 4.69) is 51.2 Å². The number of hydrogen-bond acceptors (Lipinski definition) is 1. The molecule has 0 saturated carbocycles. The van der Waals surface area contributed by atoms with Gasteiger partial charge < -0.3 is 9.13 Å². The number of imidazole rings is 1. The SMILES string of the molecule is C=CCn1cccc1C(c1ccc(Cl)cc1)n1ccnc1. The average molecular weight is 298 g/mol. The molecule has 0 N–H and O–H groups in total. The summed E-state index contributed by atoms with van der Waals surface area (Å²) in [6.07, 6.45) is 9.58. The predicted octanol–water partition coefficient (Wildman–Crippen LogP) is 4.16. The van der Waals surface area contributed by atoms with Crippen LogP contribution in [0.1, 0.15) is 17.3 Å². The van der Waals surface area contributed by atoms with Gasteiger partial charge in [0.2, 0.25) is 0 Å². The lowest BCUT2D eigenvalue weighted by Gasteiger charge is -2.21. The van der Waals surface area contributed by atoms with Crippen molar-refractivity contribution in [2.75, 3.05) is 0 Å². The molecule has 0 aliphatic carbocycles. The summed E-state index contributed by atoms with van der Waals surface area (Å²) in [4.78, 5) is 4.18. The summed E-state index contributed by atoms with van der Waals surface area (Å²) in [5, 5.41) is 0.740. The average Bonchev–Trinajstić information content (AvgIpc) is 3.15. The lowest BCUT2D eigenvalue weighted by Crippen LogP contribution is -2.15. The standard InChI is InChI=1S/C17H16ClN3/c1-2-10-20-11-3-4-16(20)17(21-12-9-19-13-21)14-5-7-15(18)8-6-14/h2-9,11-13,17H,1,10H2. The van der Waals surface area contributed by atoms with Crippen molar-refractivity contribution in [2.24, 2.45) is 0 Å². The molecule has 3 rings (SSSR count). The smallest absolute Gasteiger partial charge is 0.0998 e. The number of halogens is 1. The van der Waals surface area contributed by atoms with Crippen LogP contribution >= 0.6 is 11.6 Å². The molecule has 2 aromatic heterocycles. The van der Waals surface area contributed by atoms with E-state index >= 15 is 0 Å². The molecule has 1 unspecified atom stereocenters. The Hall–Kier alpha value is -2.26. The van der Waals surface area contributed by atoms with E-state index in [1.54, 1.807) is 6.20 Å². The molecule has 106 valence electrons. The van der Waals surface area contributed by atoms with Crippen molar-refractivity contribution in [1.29, 1.82) is 0 Å². The lowest BCUT2D eigenvalue weighted by atomic mass is 10.0. The molecule has 3 nitrogen and oxygen atoms in total. The molecule has 0 saturated heterocycles. The molecule has 21 heavy (non-hydrogen) atoms. The molecule has 0 fully saturated rings. The Morgan fingerprint density at radius 3 is 2.67 bits per heavy atom. The number of allylic oxidation sites excluding steroid dienone is 1. The molecule has 0 spiro atoms. The Bertz CT molecular complexity index is 711. The van der Waals surface area contributed by atoms with Crippen molar-refractivity contribution in [2.45, 2.75) is 12.6 Å². The maximum absolute atomic E-state index is 6.01. The van der Waals surface area contributed by atoms with Gasteiger partial charge in [0.15, 0.2) is 0 Å². The van der Waals surface area contributed by atoms with Gasteiger partial charge in [-0.15, -0.1) is 6.58 Å². The second-order valence-corrected chi connectivity index (χ2v) is 5.27. The van der Waals surface area contributed by atoms with Crippen molar-refractivity contribution in [3.8, 4) is 0 Å². The zero-order valence-corrected chi connectivity index (χ0v) is 12.3. The third-order valence-corrected chi connectivity index (χ3v) is 3.73. The van der Waals surface area contributed by atoms with Crippen LogP contribution in [0.2, 0.25) is 5.02 Å². The monoisotopic (exact) mass is 297 g/mol. The maximum Gasteiger partial charge on any atom is 0.0998 e. The van der Waals surface area contributed by atoms with Gasteiger partial charge in [0.1, 0.15) is 0 Å². The van der Waals surface area contributed by atoms with E-state index < -0.39 is 0 Å². The van der Waals surface area contributed by atoms with Gasteiger partial charge in [-0.05, 0) is 29.8 Å². The first-order valence-corrected chi connectivity index (χ1v) is 7.16. The van der Waals surface area contributed by atoms with Crippen molar-refractivity contribution >= 4 is 11.6 Å². The van der Waals surface area contributed by atoms with E-state index in [1.807, 2.05) is 30.7 Å². The molecule has 1 aromatic carbocycles. The molecule has 4 heteroatoms.